The van der Waals surface area contributed by atoms with Crippen molar-refractivity contribution in [2.24, 2.45) is 5.84 Å². The number of nitrogens with one attached hydrogen (secondary N) is 1. The van der Waals surface area contributed by atoms with Crippen LogP contribution in [-0.2, 0) is 0 Å². The minimum atomic E-state index is 0.141. The van der Waals surface area contributed by atoms with E-state index in [9.17, 15) is 4.79 Å². The Bertz CT molecular complexity index is 545. The summed E-state index contributed by atoms with van der Waals surface area (Å²) in [5.74, 6) is 5.59. The van der Waals surface area contributed by atoms with Crippen molar-refractivity contribution in [3.05, 3.63) is 29.3 Å². The molecular weight excluding hydrogens is 264 g/mol. The fourth-order valence-corrected chi connectivity index (χ4v) is 3.63. The molecule has 5 heteroatoms. The van der Waals surface area contributed by atoms with E-state index in [0.29, 0.717) is 12.1 Å². The Morgan fingerprint density at radius 1 is 1.29 bits per heavy atom. The monoisotopic (exact) mass is 288 g/mol. The molecule has 2 heterocycles. The number of carbonyl (C=O) groups excluding carboxylic acids is 1. The number of aryl methyl sites for hydroxylation is 1. The van der Waals surface area contributed by atoms with Gasteiger partial charge in [-0.25, -0.2) is 0 Å². The van der Waals surface area contributed by atoms with Gasteiger partial charge in [-0.05, 0) is 57.0 Å². The molecule has 3 rings (SSSR count). The third-order valence-electron chi connectivity index (χ3n) is 5.06. The van der Waals surface area contributed by atoms with Gasteiger partial charge in [0.2, 0.25) is 0 Å². The number of anilines is 1. The van der Waals surface area contributed by atoms with E-state index in [4.69, 9.17) is 5.84 Å². The molecule has 2 aliphatic heterocycles. The summed E-state index contributed by atoms with van der Waals surface area (Å²) in [6.07, 6.45) is 3.57. The Labute approximate surface area is 126 Å². The van der Waals surface area contributed by atoms with Crippen LogP contribution < -0.4 is 11.3 Å². The maximum atomic E-state index is 12.7. The highest BCUT2D eigenvalue weighted by atomic mass is 16.2. The molecule has 3 N–H and O–H groups in total. The Morgan fingerprint density at radius 3 is 2.76 bits per heavy atom. The zero-order chi connectivity index (χ0) is 15.0. The fraction of sp³-hybridized carbons (Fsp3) is 0.562. The van der Waals surface area contributed by atoms with Gasteiger partial charge in [-0.15, -0.1) is 0 Å². The van der Waals surface area contributed by atoms with Gasteiger partial charge < -0.3 is 10.3 Å². The lowest BCUT2D eigenvalue weighted by atomic mass is 10.1. The molecule has 2 aliphatic rings. The second-order valence-corrected chi connectivity index (χ2v) is 6.26. The van der Waals surface area contributed by atoms with Crippen molar-refractivity contribution < 1.29 is 4.79 Å². The van der Waals surface area contributed by atoms with Gasteiger partial charge in [-0.3, -0.25) is 15.5 Å². The number of hydrazine groups is 1. The standard InChI is InChI=1S/C16H24N4O/c1-11-9-12(3-6-15(11)18-17)16(21)20-8-7-13-4-5-14(10-20)19(13)2/h3,6,9,13-14,18H,4-5,7-8,10,17H2,1-2H3. The van der Waals surface area contributed by atoms with E-state index in [2.05, 4.69) is 17.4 Å². The molecule has 0 aromatic heterocycles. The third-order valence-corrected chi connectivity index (χ3v) is 5.06. The lowest BCUT2D eigenvalue weighted by Gasteiger charge is -2.26. The zero-order valence-corrected chi connectivity index (χ0v) is 12.8. The molecule has 114 valence electrons. The molecule has 1 aromatic rings. The lowest BCUT2D eigenvalue weighted by molar-refractivity contribution is 0.0740. The fourth-order valence-electron chi connectivity index (χ4n) is 3.63. The largest absolute Gasteiger partial charge is 0.337 e. The molecule has 2 bridgehead atoms. The van der Waals surface area contributed by atoms with Gasteiger partial charge in [0.1, 0.15) is 0 Å². The summed E-state index contributed by atoms with van der Waals surface area (Å²) < 4.78 is 0. The maximum absolute atomic E-state index is 12.7. The Balaban J connectivity index is 1.77. The van der Waals surface area contributed by atoms with Crippen LogP contribution in [0.2, 0.25) is 0 Å². The number of benzene rings is 1. The molecule has 0 radical (unpaired) electrons. The van der Waals surface area contributed by atoms with Crippen LogP contribution >= 0.6 is 0 Å². The van der Waals surface area contributed by atoms with E-state index in [0.717, 1.165) is 36.3 Å². The van der Waals surface area contributed by atoms with Gasteiger partial charge in [0.05, 0.1) is 5.69 Å². The van der Waals surface area contributed by atoms with E-state index < -0.39 is 0 Å². The topological polar surface area (TPSA) is 61.6 Å². The van der Waals surface area contributed by atoms with Crippen molar-refractivity contribution in [1.82, 2.24) is 9.80 Å². The van der Waals surface area contributed by atoms with Gasteiger partial charge in [-0.1, -0.05) is 0 Å². The quantitative estimate of drug-likeness (QED) is 0.641. The highest BCUT2D eigenvalue weighted by Gasteiger charge is 2.36. The summed E-state index contributed by atoms with van der Waals surface area (Å²) in [7, 11) is 2.20. The molecule has 2 unspecified atom stereocenters. The van der Waals surface area contributed by atoms with Crippen LogP contribution in [0.4, 0.5) is 5.69 Å². The maximum Gasteiger partial charge on any atom is 0.253 e. The van der Waals surface area contributed by atoms with Crippen LogP contribution in [0, 0.1) is 6.92 Å². The molecule has 2 saturated heterocycles. The van der Waals surface area contributed by atoms with E-state index >= 15 is 0 Å². The average Bonchev–Trinajstić information content (AvgIpc) is 2.71. The first kappa shape index (κ1) is 14.4. The normalized spacial score (nSPS) is 25.8. The van der Waals surface area contributed by atoms with Crippen molar-refractivity contribution in [2.45, 2.75) is 38.3 Å². The summed E-state index contributed by atoms with van der Waals surface area (Å²) in [4.78, 5) is 17.2. The van der Waals surface area contributed by atoms with Crippen molar-refractivity contribution in [1.29, 1.82) is 0 Å². The number of fused-ring (bicyclic) bond motifs is 2. The lowest BCUT2D eigenvalue weighted by Crippen LogP contribution is -2.39. The molecule has 0 aliphatic carbocycles. The molecule has 21 heavy (non-hydrogen) atoms. The predicted molar refractivity (Wildman–Crippen MR) is 84.1 cm³/mol. The number of rotatable bonds is 2. The van der Waals surface area contributed by atoms with Crippen molar-refractivity contribution in [2.75, 3.05) is 25.6 Å². The van der Waals surface area contributed by atoms with Crippen LogP contribution in [0.1, 0.15) is 35.2 Å². The summed E-state index contributed by atoms with van der Waals surface area (Å²) in [5.41, 5.74) is 5.26. The first-order valence-electron chi connectivity index (χ1n) is 7.68. The van der Waals surface area contributed by atoms with Crippen LogP contribution in [0.5, 0.6) is 0 Å². The predicted octanol–water partition coefficient (Wildman–Crippen LogP) is 1.59. The smallest absolute Gasteiger partial charge is 0.253 e. The zero-order valence-electron chi connectivity index (χ0n) is 12.8. The van der Waals surface area contributed by atoms with Crippen LogP contribution in [0.3, 0.4) is 0 Å². The number of hydrogen-bond donors (Lipinski definition) is 2. The number of nitrogen functional groups attached to an aromatic ring is 1. The second-order valence-electron chi connectivity index (χ2n) is 6.26. The first-order valence-corrected chi connectivity index (χ1v) is 7.68. The molecule has 5 nitrogen and oxygen atoms in total. The van der Waals surface area contributed by atoms with Crippen LogP contribution in [0.15, 0.2) is 18.2 Å². The highest BCUT2D eigenvalue weighted by Crippen LogP contribution is 2.29. The van der Waals surface area contributed by atoms with E-state index in [1.54, 1.807) is 0 Å². The highest BCUT2D eigenvalue weighted by molar-refractivity contribution is 5.95. The summed E-state index contributed by atoms with van der Waals surface area (Å²) in [6, 6.07) is 6.83. The van der Waals surface area contributed by atoms with Crippen molar-refractivity contribution in [3.63, 3.8) is 0 Å². The number of hydrogen-bond acceptors (Lipinski definition) is 4. The van der Waals surface area contributed by atoms with E-state index in [1.807, 2.05) is 30.0 Å². The number of likely N-dealkylation sites (tertiary alicyclic amines) is 1. The SMILES string of the molecule is Cc1cc(C(=O)N2CCC3CCC(C2)N3C)ccc1NN. The van der Waals surface area contributed by atoms with Gasteiger partial charge in [0.15, 0.2) is 0 Å². The average molecular weight is 288 g/mol. The molecular formula is C16H24N4O. The molecule has 0 spiro atoms. The molecule has 0 saturated carbocycles. The van der Waals surface area contributed by atoms with Crippen LogP contribution in [0.25, 0.3) is 0 Å². The number of carbonyl (C=O) groups is 1. The summed E-state index contributed by atoms with van der Waals surface area (Å²) in [5, 5.41) is 0. The number of amides is 1. The van der Waals surface area contributed by atoms with Crippen molar-refractivity contribution >= 4 is 11.6 Å². The minimum Gasteiger partial charge on any atom is -0.337 e. The minimum absolute atomic E-state index is 0.141. The molecule has 1 aromatic carbocycles. The Morgan fingerprint density at radius 2 is 2.05 bits per heavy atom. The van der Waals surface area contributed by atoms with Crippen molar-refractivity contribution in [3.8, 4) is 0 Å². The Hall–Kier alpha value is -1.59. The van der Waals surface area contributed by atoms with E-state index in [1.165, 1.54) is 12.8 Å². The van der Waals surface area contributed by atoms with Gasteiger partial charge >= 0.3 is 0 Å². The summed E-state index contributed by atoms with van der Waals surface area (Å²) >= 11 is 0. The van der Waals surface area contributed by atoms with Gasteiger partial charge in [0.25, 0.3) is 5.91 Å². The van der Waals surface area contributed by atoms with Gasteiger partial charge in [0, 0.05) is 30.7 Å². The number of likely N-dealkylation sites (N-methyl/N-ethyl adjacent to an activating group) is 1. The van der Waals surface area contributed by atoms with Gasteiger partial charge in [-0.2, -0.15) is 0 Å². The Kier molecular flexibility index (Phi) is 3.87. The van der Waals surface area contributed by atoms with E-state index in [-0.39, 0.29) is 5.91 Å². The van der Waals surface area contributed by atoms with Crippen LogP contribution in [-0.4, -0.2) is 47.9 Å². The second kappa shape index (κ2) is 5.66. The molecule has 1 amide bonds. The summed E-state index contributed by atoms with van der Waals surface area (Å²) in [6.45, 7) is 3.67. The molecule has 2 fully saturated rings. The molecule has 2 atom stereocenters. The number of nitrogens with two attached hydrogens (primary N) is 1. The third kappa shape index (κ3) is 2.63. The first-order chi connectivity index (χ1) is 10.1. The number of nitrogens with zero attached hydrogens (tertiary/aromatic N) is 2.